The molecule has 37 heavy (non-hydrogen) atoms. The number of nitrogens with zero attached hydrogens (tertiary/aromatic N) is 4. The maximum Gasteiger partial charge on any atom is 0.416 e. The number of aromatic nitrogens is 3. The minimum Gasteiger partial charge on any atom is -0.490 e. The van der Waals surface area contributed by atoms with E-state index in [1.165, 1.54) is 18.3 Å². The Morgan fingerprint density at radius 3 is 2.35 bits per heavy atom. The molecule has 0 radical (unpaired) electrons. The highest BCUT2D eigenvalue weighted by atomic mass is 19.4. The Morgan fingerprint density at radius 2 is 1.73 bits per heavy atom. The number of aryl methyl sites for hydroxylation is 1. The van der Waals surface area contributed by atoms with E-state index < -0.39 is 23.7 Å². The standard InChI is InChI=1S/C26H28F3N5O3/c1-15(2)22(33-24(35)23-16(3)31-20-8-11-30-14-21(20)32-23)25(36)34-12-9-19(10-13-34)37-18-6-4-17(5-7-18)26(27,28)29/h4-8,11,14-15,19,22H,9-10,12-13H2,1-3H3,(H,33,35)/t22-/m0/s1. The van der Waals surface area contributed by atoms with Gasteiger partial charge in [-0.15, -0.1) is 0 Å². The SMILES string of the molecule is Cc1nc2ccncc2nc1C(=O)N[C@H](C(=O)N1CCC(Oc2ccc(C(F)(F)F)cc2)CC1)C(C)C. The maximum atomic E-state index is 13.3. The van der Waals surface area contributed by atoms with Crippen LogP contribution in [0.2, 0.25) is 0 Å². The molecule has 1 aliphatic rings. The van der Waals surface area contributed by atoms with Gasteiger partial charge in [0, 0.05) is 32.1 Å². The minimum atomic E-state index is -4.40. The van der Waals surface area contributed by atoms with Gasteiger partial charge in [0.15, 0.2) is 0 Å². The van der Waals surface area contributed by atoms with Gasteiger partial charge >= 0.3 is 6.18 Å². The summed E-state index contributed by atoms with van der Waals surface area (Å²) in [5.41, 5.74) is 0.973. The van der Waals surface area contributed by atoms with Gasteiger partial charge in [-0.05, 0) is 43.2 Å². The fourth-order valence-electron chi connectivity index (χ4n) is 4.24. The third-order valence-electron chi connectivity index (χ3n) is 6.31. The van der Waals surface area contributed by atoms with Crippen LogP contribution in [0, 0.1) is 12.8 Å². The van der Waals surface area contributed by atoms with Gasteiger partial charge in [0.25, 0.3) is 5.91 Å². The molecular weight excluding hydrogens is 487 g/mol. The zero-order valence-corrected chi connectivity index (χ0v) is 20.7. The number of carbonyl (C=O) groups excluding carboxylic acids is 2. The predicted molar refractivity (Wildman–Crippen MR) is 130 cm³/mol. The molecule has 3 heterocycles. The van der Waals surface area contributed by atoms with E-state index in [-0.39, 0.29) is 23.6 Å². The Kier molecular flexibility index (Phi) is 7.60. The lowest BCUT2D eigenvalue weighted by atomic mass is 10.00. The molecule has 1 saturated heterocycles. The molecule has 11 heteroatoms. The number of fused-ring (bicyclic) bond motifs is 1. The van der Waals surface area contributed by atoms with Crippen molar-refractivity contribution in [1.29, 1.82) is 0 Å². The Balaban J connectivity index is 1.37. The highest BCUT2D eigenvalue weighted by molar-refractivity contribution is 5.98. The molecule has 1 N–H and O–H groups in total. The van der Waals surface area contributed by atoms with E-state index in [0.29, 0.717) is 48.4 Å². The second kappa shape index (κ2) is 10.7. The lowest BCUT2D eigenvalue weighted by Gasteiger charge is -2.35. The maximum absolute atomic E-state index is 13.3. The number of halogens is 3. The number of rotatable bonds is 6. The molecule has 0 saturated carbocycles. The van der Waals surface area contributed by atoms with Crippen molar-refractivity contribution >= 4 is 22.8 Å². The molecule has 2 amide bonds. The molecular formula is C26H28F3N5O3. The third kappa shape index (κ3) is 6.15. The first kappa shape index (κ1) is 26.3. The molecule has 0 bridgehead atoms. The van der Waals surface area contributed by atoms with Crippen LogP contribution < -0.4 is 10.1 Å². The molecule has 196 valence electrons. The Bertz CT molecular complexity index is 1270. The van der Waals surface area contributed by atoms with Crippen LogP contribution in [0.1, 0.15) is 48.4 Å². The third-order valence-corrected chi connectivity index (χ3v) is 6.31. The van der Waals surface area contributed by atoms with E-state index in [2.05, 4.69) is 20.3 Å². The van der Waals surface area contributed by atoms with Crippen molar-refractivity contribution < 1.29 is 27.5 Å². The van der Waals surface area contributed by atoms with Crippen LogP contribution in [0.15, 0.2) is 42.7 Å². The van der Waals surface area contributed by atoms with Crippen molar-refractivity contribution in [3.8, 4) is 5.75 Å². The summed E-state index contributed by atoms with van der Waals surface area (Å²) in [5.74, 6) is -0.507. The highest BCUT2D eigenvalue weighted by Crippen LogP contribution is 2.31. The van der Waals surface area contributed by atoms with Crippen LogP contribution >= 0.6 is 0 Å². The summed E-state index contributed by atoms with van der Waals surface area (Å²) in [6, 6.07) is 5.54. The molecule has 3 aromatic rings. The van der Waals surface area contributed by atoms with Crippen molar-refractivity contribution in [2.24, 2.45) is 5.92 Å². The van der Waals surface area contributed by atoms with Gasteiger partial charge in [-0.2, -0.15) is 13.2 Å². The number of carbonyl (C=O) groups is 2. The van der Waals surface area contributed by atoms with Crippen LogP contribution in [0.5, 0.6) is 5.75 Å². The van der Waals surface area contributed by atoms with Gasteiger partial charge in [-0.25, -0.2) is 9.97 Å². The first-order chi connectivity index (χ1) is 17.5. The molecule has 2 aromatic heterocycles. The second-order valence-electron chi connectivity index (χ2n) is 9.38. The summed E-state index contributed by atoms with van der Waals surface area (Å²) >= 11 is 0. The summed E-state index contributed by atoms with van der Waals surface area (Å²) in [6.07, 6.45) is -0.454. The van der Waals surface area contributed by atoms with Gasteiger partial charge in [0.05, 0.1) is 23.0 Å². The Hall–Kier alpha value is -3.76. The van der Waals surface area contributed by atoms with E-state index in [0.717, 1.165) is 12.1 Å². The van der Waals surface area contributed by atoms with Crippen molar-refractivity contribution in [2.75, 3.05) is 13.1 Å². The average molecular weight is 516 g/mol. The quantitative estimate of drug-likeness (QED) is 0.529. The number of hydrogen-bond donors (Lipinski definition) is 1. The molecule has 1 aromatic carbocycles. The van der Waals surface area contributed by atoms with Crippen LogP contribution in [-0.4, -0.2) is 56.9 Å². The molecule has 8 nitrogen and oxygen atoms in total. The predicted octanol–water partition coefficient (Wildman–Crippen LogP) is 4.18. The Morgan fingerprint density at radius 1 is 1.05 bits per heavy atom. The molecule has 4 rings (SSSR count). The van der Waals surface area contributed by atoms with Crippen molar-refractivity contribution in [3.05, 3.63) is 59.7 Å². The largest absolute Gasteiger partial charge is 0.490 e. The van der Waals surface area contributed by atoms with Crippen LogP contribution in [-0.2, 0) is 11.0 Å². The van der Waals surface area contributed by atoms with Crippen LogP contribution in [0.3, 0.4) is 0 Å². The molecule has 1 fully saturated rings. The van der Waals surface area contributed by atoms with E-state index >= 15 is 0 Å². The van der Waals surface area contributed by atoms with Gasteiger partial charge in [0.2, 0.25) is 5.91 Å². The summed E-state index contributed by atoms with van der Waals surface area (Å²) in [7, 11) is 0. The molecule has 1 atom stereocenters. The number of benzene rings is 1. The van der Waals surface area contributed by atoms with Crippen molar-refractivity contribution in [3.63, 3.8) is 0 Å². The van der Waals surface area contributed by atoms with Crippen LogP contribution in [0.4, 0.5) is 13.2 Å². The molecule has 0 spiro atoms. The fourth-order valence-corrected chi connectivity index (χ4v) is 4.24. The van der Waals surface area contributed by atoms with E-state index in [9.17, 15) is 22.8 Å². The number of alkyl halides is 3. The molecule has 1 aliphatic heterocycles. The van der Waals surface area contributed by atoms with Gasteiger partial charge in [0.1, 0.15) is 29.1 Å². The summed E-state index contributed by atoms with van der Waals surface area (Å²) in [5, 5.41) is 2.83. The highest BCUT2D eigenvalue weighted by Gasteiger charge is 2.33. The lowest BCUT2D eigenvalue weighted by molar-refractivity contribution is -0.137. The second-order valence-corrected chi connectivity index (χ2v) is 9.38. The average Bonchev–Trinajstić information content (AvgIpc) is 2.86. The number of piperidine rings is 1. The number of hydrogen-bond acceptors (Lipinski definition) is 6. The van der Waals surface area contributed by atoms with Crippen LogP contribution in [0.25, 0.3) is 11.0 Å². The fraction of sp³-hybridized carbons (Fsp3) is 0.423. The Labute approximate surface area is 212 Å². The van der Waals surface area contributed by atoms with E-state index in [1.54, 1.807) is 24.1 Å². The normalized spacial score (nSPS) is 15.6. The summed E-state index contributed by atoms with van der Waals surface area (Å²) in [6.45, 7) is 6.21. The monoisotopic (exact) mass is 515 g/mol. The number of amides is 2. The van der Waals surface area contributed by atoms with Crippen molar-refractivity contribution in [1.82, 2.24) is 25.2 Å². The van der Waals surface area contributed by atoms with E-state index in [1.807, 2.05) is 13.8 Å². The number of ether oxygens (including phenoxy) is 1. The summed E-state index contributed by atoms with van der Waals surface area (Å²) in [4.78, 5) is 40.9. The number of pyridine rings is 1. The van der Waals surface area contributed by atoms with Gasteiger partial charge in [-0.3, -0.25) is 14.6 Å². The van der Waals surface area contributed by atoms with E-state index in [4.69, 9.17) is 4.74 Å². The van der Waals surface area contributed by atoms with Gasteiger partial charge < -0.3 is 15.0 Å². The number of nitrogens with one attached hydrogen (secondary N) is 1. The topological polar surface area (TPSA) is 97.3 Å². The molecule has 0 unspecified atom stereocenters. The first-order valence-electron chi connectivity index (χ1n) is 12.0. The zero-order chi connectivity index (χ0) is 26.7. The zero-order valence-electron chi connectivity index (χ0n) is 20.7. The summed E-state index contributed by atoms with van der Waals surface area (Å²) < 4.78 is 44.1. The minimum absolute atomic E-state index is 0.141. The number of likely N-dealkylation sites (tertiary alicyclic amines) is 1. The lowest BCUT2D eigenvalue weighted by Crippen LogP contribution is -2.53. The van der Waals surface area contributed by atoms with Crippen molar-refractivity contribution in [2.45, 2.75) is 51.9 Å². The first-order valence-corrected chi connectivity index (χ1v) is 12.0. The smallest absolute Gasteiger partial charge is 0.416 e. The molecule has 0 aliphatic carbocycles. The van der Waals surface area contributed by atoms with Gasteiger partial charge in [-0.1, -0.05) is 13.8 Å².